The molecule has 25 heavy (non-hydrogen) atoms. The number of rotatable bonds is 5. The van der Waals surface area contributed by atoms with Crippen molar-refractivity contribution in [2.75, 3.05) is 50.7 Å². The van der Waals surface area contributed by atoms with E-state index in [0.717, 1.165) is 30.0 Å². The van der Waals surface area contributed by atoms with Crippen molar-refractivity contribution in [2.45, 2.75) is 0 Å². The lowest BCUT2D eigenvalue weighted by molar-refractivity contribution is -0.117. The quantitative estimate of drug-likeness (QED) is 0.790. The summed E-state index contributed by atoms with van der Waals surface area (Å²) < 4.78 is 10.0. The van der Waals surface area contributed by atoms with E-state index < -0.39 is 5.97 Å². The molecule has 2 N–H and O–H groups in total. The highest BCUT2D eigenvalue weighted by atomic mass is 32.2. The number of hydrogen-bond acceptors (Lipinski definition) is 6. The SMILES string of the molecule is COC(=O)c1[nH]c2cc(OC)ccc2c1NC(=O)CN1CCSCC1. The van der Waals surface area contributed by atoms with Gasteiger partial charge in [0, 0.05) is 36.0 Å². The number of fused-ring (bicyclic) bond motifs is 1. The first-order valence-corrected chi connectivity index (χ1v) is 9.16. The fourth-order valence-electron chi connectivity index (χ4n) is 2.83. The number of esters is 1. The summed E-state index contributed by atoms with van der Waals surface area (Å²) in [5.41, 5.74) is 1.37. The Hall–Kier alpha value is -2.19. The van der Waals surface area contributed by atoms with E-state index in [1.54, 1.807) is 19.2 Å². The summed E-state index contributed by atoms with van der Waals surface area (Å²) in [5, 5.41) is 3.61. The molecule has 1 saturated heterocycles. The molecule has 0 unspecified atom stereocenters. The monoisotopic (exact) mass is 363 g/mol. The Kier molecular flexibility index (Phi) is 5.50. The summed E-state index contributed by atoms with van der Waals surface area (Å²) in [6.45, 7) is 2.10. The second-order valence-electron chi connectivity index (χ2n) is 5.71. The number of carbonyl (C=O) groups is 2. The third-order valence-corrected chi connectivity index (χ3v) is 5.07. The van der Waals surface area contributed by atoms with E-state index in [9.17, 15) is 9.59 Å². The number of hydrogen-bond donors (Lipinski definition) is 2. The number of aromatic amines is 1. The number of amides is 1. The molecule has 0 bridgehead atoms. The van der Waals surface area contributed by atoms with E-state index in [1.165, 1.54) is 7.11 Å². The van der Waals surface area contributed by atoms with Crippen LogP contribution in [0.15, 0.2) is 18.2 Å². The molecule has 1 amide bonds. The number of aromatic nitrogens is 1. The minimum atomic E-state index is -0.528. The summed E-state index contributed by atoms with van der Waals surface area (Å²) >= 11 is 1.89. The molecule has 0 aliphatic carbocycles. The van der Waals surface area contributed by atoms with Crippen molar-refractivity contribution in [3.63, 3.8) is 0 Å². The Labute approximate surface area is 150 Å². The molecule has 1 aliphatic heterocycles. The van der Waals surface area contributed by atoms with E-state index >= 15 is 0 Å². The fourth-order valence-corrected chi connectivity index (χ4v) is 3.81. The van der Waals surface area contributed by atoms with Crippen LogP contribution in [0.2, 0.25) is 0 Å². The van der Waals surface area contributed by atoms with E-state index in [0.29, 0.717) is 23.5 Å². The van der Waals surface area contributed by atoms with Gasteiger partial charge in [0.2, 0.25) is 5.91 Å². The first-order chi connectivity index (χ1) is 12.1. The number of H-pyrrole nitrogens is 1. The normalized spacial score (nSPS) is 15.1. The minimum absolute atomic E-state index is 0.145. The van der Waals surface area contributed by atoms with E-state index in [4.69, 9.17) is 9.47 Å². The molecule has 1 aliphatic rings. The lowest BCUT2D eigenvalue weighted by atomic mass is 10.2. The van der Waals surface area contributed by atoms with Gasteiger partial charge >= 0.3 is 5.97 Å². The number of methoxy groups -OCH3 is 2. The molecule has 134 valence electrons. The van der Waals surface area contributed by atoms with Crippen molar-refractivity contribution in [3.8, 4) is 5.75 Å². The molecule has 7 nitrogen and oxygen atoms in total. The van der Waals surface area contributed by atoms with E-state index in [1.807, 2.05) is 17.8 Å². The van der Waals surface area contributed by atoms with Gasteiger partial charge in [-0.05, 0) is 12.1 Å². The van der Waals surface area contributed by atoms with Crippen LogP contribution in [0.5, 0.6) is 5.75 Å². The van der Waals surface area contributed by atoms with Crippen molar-refractivity contribution in [3.05, 3.63) is 23.9 Å². The summed E-state index contributed by atoms with van der Waals surface area (Å²) in [5.74, 6) is 2.06. The maximum absolute atomic E-state index is 12.5. The third-order valence-electron chi connectivity index (χ3n) is 4.13. The number of nitrogens with zero attached hydrogens (tertiary/aromatic N) is 1. The van der Waals surface area contributed by atoms with Crippen LogP contribution in [0.4, 0.5) is 5.69 Å². The Bertz CT molecular complexity index is 784. The predicted molar refractivity (Wildman–Crippen MR) is 98.6 cm³/mol. The molecule has 0 atom stereocenters. The van der Waals surface area contributed by atoms with Crippen LogP contribution in [0, 0.1) is 0 Å². The second kappa shape index (κ2) is 7.79. The van der Waals surface area contributed by atoms with Crippen molar-refractivity contribution in [1.82, 2.24) is 9.88 Å². The summed E-state index contributed by atoms with van der Waals surface area (Å²) in [7, 11) is 2.89. The van der Waals surface area contributed by atoms with Gasteiger partial charge in [-0.15, -0.1) is 0 Å². The molecule has 0 saturated carbocycles. The first-order valence-electron chi connectivity index (χ1n) is 8.00. The number of nitrogens with one attached hydrogen (secondary N) is 2. The topological polar surface area (TPSA) is 83.7 Å². The fraction of sp³-hybridized carbons (Fsp3) is 0.412. The molecular weight excluding hydrogens is 342 g/mol. The van der Waals surface area contributed by atoms with Crippen molar-refractivity contribution in [2.24, 2.45) is 0 Å². The van der Waals surface area contributed by atoms with Gasteiger partial charge in [-0.2, -0.15) is 11.8 Å². The molecule has 3 rings (SSSR count). The van der Waals surface area contributed by atoms with Gasteiger partial charge in [0.25, 0.3) is 0 Å². The Morgan fingerprint density at radius 2 is 2.04 bits per heavy atom. The molecule has 0 spiro atoms. The standard InChI is InChI=1S/C17H21N3O4S/c1-23-11-3-4-12-13(9-11)18-16(17(22)24-2)15(12)19-14(21)10-20-5-7-25-8-6-20/h3-4,9,18H,5-8,10H2,1-2H3,(H,19,21). The Morgan fingerprint density at radius 3 is 2.72 bits per heavy atom. The lowest BCUT2D eigenvalue weighted by Gasteiger charge is -2.25. The summed E-state index contributed by atoms with van der Waals surface area (Å²) in [4.78, 5) is 29.7. The van der Waals surface area contributed by atoms with Crippen molar-refractivity contribution in [1.29, 1.82) is 0 Å². The second-order valence-corrected chi connectivity index (χ2v) is 6.94. The van der Waals surface area contributed by atoms with Gasteiger partial charge in [0.1, 0.15) is 11.4 Å². The first kappa shape index (κ1) is 17.6. The number of benzene rings is 1. The van der Waals surface area contributed by atoms with Gasteiger partial charge in [-0.3, -0.25) is 9.69 Å². The average molecular weight is 363 g/mol. The van der Waals surface area contributed by atoms with Crippen LogP contribution in [-0.4, -0.2) is 67.1 Å². The molecule has 1 fully saturated rings. The molecule has 1 aromatic heterocycles. The number of anilines is 1. The number of ether oxygens (including phenoxy) is 2. The summed E-state index contributed by atoms with van der Waals surface area (Å²) in [6.07, 6.45) is 0. The average Bonchev–Trinajstić information content (AvgIpc) is 2.99. The van der Waals surface area contributed by atoms with Crippen LogP contribution in [0.1, 0.15) is 10.5 Å². The van der Waals surface area contributed by atoms with Crippen molar-refractivity contribution < 1.29 is 19.1 Å². The molecule has 0 radical (unpaired) electrons. The smallest absolute Gasteiger partial charge is 0.356 e. The molecule has 1 aromatic carbocycles. The van der Waals surface area contributed by atoms with Crippen LogP contribution in [0.3, 0.4) is 0 Å². The maximum Gasteiger partial charge on any atom is 0.356 e. The maximum atomic E-state index is 12.5. The highest BCUT2D eigenvalue weighted by Gasteiger charge is 2.22. The highest BCUT2D eigenvalue weighted by Crippen LogP contribution is 2.31. The molecule has 8 heteroatoms. The van der Waals surface area contributed by atoms with Gasteiger partial charge in [-0.1, -0.05) is 0 Å². The Morgan fingerprint density at radius 1 is 1.28 bits per heavy atom. The predicted octanol–water partition coefficient (Wildman–Crippen LogP) is 1.95. The van der Waals surface area contributed by atoms with Crippen LogP contribution in [0.25, 0.3) is 10.9 Å². The van der Waals surface area contributed by atoms with E-state index in [-0.39, 0.29) is 11.6 Å². The third kappa shape index (κ3) is 3.91. The van der Waals surface area contributed by atoms with Gasteiger partial charge in [0.05, 0.1) is 32.0 Å². The zero-order chi connectivity index (χ0) is 17.8. The highest BCUT2D eigenvalue weighted by molar-refractivity contribution is 7.99. The van der Waals surface area contributed by atoms with Gasteiger partial charge in [0.15, 0.2) is 0 Å². The zero-order valence-corrected chi connectivity index (χ0v) is 15.1. The molecule has 2 aromatic rings. The summed E-state index contributed by atoms with van der Waals surface area (Å²) in [6, 6.07) is 5.37. The van der Waals surface area contributed by atoms with E-state index in [2.05, 4.69) is 15.2 Å². The largest absolute Gasteiger partial charge is 0.497 e. The zero-order valence-electron chi connectivity index (χ0n) is 14.3. The number of thioether (sulfide) groups is 1. The number of carbonyl (C=O) groups excluding carboxylic acids is 2. The van der Waals surface area contributed by atoms with Crippen LogP contribution < -0.4 is 10.1 Å². The van der Waals surface area contributed by atoms with Crippen LogP contribution in [-0.2, 0) is 9.53 Å². The lowest BCUT2D eigenvalue weighted by Crippen LogP contribution is -2.38. The van der Waals surface area contributed by atoms with Crippen LogP contribution >= 0.6 is 11.8 Å². The van der Waals surface area contributed by atoms with Gasteiger partial charge < -0.3 is 19.8 Å². The van der Waals surface area contributed by atoms with Crippen molar-refractivity contribution >= 4 is 40.2 Å². The molecular formula is C17H21N3O4S. The minimum Gasteiger partial charge on any atom is -0.497 e. The molecule has 2 heterocycles. The van der Waals surface area contributed by atoms with Gasteiger partial charge in [-0.25, -0.2) is 4.79 Å². The Balaban J connectivity index is 1.87.